The van der Waals surface area contributed by atoms with Gasteiger partial charge in [0.15, 0.2) is 9.84 Å². The monoisotopic (exact) mass is 235 g/mol. The SMILES string of the molecule is CC(C)(C)CNCCS(=O)(=O)C(C)(C)C. The van der Waals surface area contributed by atoms with E-state index in [4.69, 9.17) is 0 Å². The first-order valence-corrected chi connectivity index (χ1v) is 7.04. The molecule has 1 N–H and O–H groups in total. The van der Waals surface area contributed by atoms with Crippen LogP contribution in [0.1, 0.15) is 41.5 Å². The lowest BCUT2D eigenvalue weighted by atomic mass is 9.97. The van der Waals surface area contributed by atoms with E-state index in [1.54, 1.807) is 20.8 Å². The highest BCUT2D eigenvalue weighted by Crippen LogP contribution is 2.15. The van der Waals surface area contributed by atoms with Gasteiger partial charge < -0.3 is 5.32 Å². The van der Waals surface area contributed by atoms with Gasteiger partial charge >= 0.3 is 0 Å². The van der Waals surface area contributed by atoms with Crippen LogP contribution in [0.25, 0.3) is 0 Å². The summed E-state index contributed by atoms with van der Waals surface area (Å²) in [7, 11) is -2.98. The molecule has 15 heavy (non-hydrogen) atoms. The molecular formula is C11H25NO2S. The van der Waals surface area contributed by atoms with Crippen molar-refractivity contribution in [1.82, 2.24) is 5.32 Å². The first kappa shape index (κ1) is 14.9. The Hall–Kier alpha value is -0.0900. The Kier molecular flexibility index (Phi) is 4.80. The van der Waals surface area contributed by atoms with E-state index in [0.29, 0.717) is 6.54 Å². The van der Waals surface area contributed by atoms with Crippen LogP contribution in [-0.2, 0) is 9.84 Å². The molecule has 3 nitrogen and oxygen atoms in total. The Labute approximate surface area is 94.6 Å². The maximum Gasteiger partial charge on any atom is 0.156 e. The van der Waals surface area contributed by atoms with Gasteiger partial charge in [0.2, 0.25) is 0 Å². The smallest absolute Gasteiger partial charge is 0.156 e. The summed E-state index contributed by atoms with van der Waals surface area (Å²) in [6.07, 6.45) is 0. The highest BCUT2D eigenvalue weighted by molar-refractivity contribution is 7.92. The summed E-state index contributed by atoms with van der Waals surface area (Å²) < 4.78 is 22.8. The highest BCUT2D eigenvalue weighted by Gasteiger charge is 2.28. The lowest BCUT2D eigenvalue weighted by Crippen LogP contribution is -2.36. The van der Waals surface area contributed by atoms with Gasteiger partial charge in [0.05, 0.1) is 10.5 Å². The molecule has 0 aromatic carbocycles. The van der Waals surface area contributed by atoms with Gasteiger partial charge in [-0.25, -0.2) is 8.42 Å². The Balaban J connectivity index is 3.99. The van der Waals surface area contributed by atoms with Crippen LogP contribution < -0.4 is 5.32 Å². The molecule has 0 aromatic rings. The first-order chi connectivity index (χ1) is 6.46. The van der Waals surface area contributed by atoms with Crippen molar-refractivity contribution in [3.8, 4) is 0 Å². The van der Waals surface area contributed by atoms with Gasteiger partial charge in [-0.1, -0.05) is 20.8 Å². The summed E-state index contributed by atoms with van der Waals surface area (Å²) in [4.78, 5) is 0. The number of hydrogen-bond donors (Lipinski definition) is 1. The summed E-state index contributed by atoms with van der Waals surface area (Å²) >= 11 is 0. The molecule has 0 rings (SSSR count). The predicted octanol–water partition coefficient (Wildman–Crippen LogP) is 1.84. The van der Waals surface area contributed by atoms with E-state index >= 15 is 0 Å². The fourth-order valence-electron chi connectivity index (χ4n) is 0.976. The Morgan fingerprint density at radius 1 is 1.00 bits per heavy atom. The van der Waals surface area contributed by atoms with Crippen molar-refractivity contribution in [2.45, 2.75) is 46.3 Å². The molecule has 0 aromatic heterocycles. The first-order valence-electron chi connectivity index (χ1n) is 5.39. The lowest BCUT2D eigenvalue weighted by Gasteiger charge is -2.21. The van der Waals surface area contributed by atoms with Crippen LogP contribution >= 0.6 is 0 Å². The molecule has 0 aliphatic carbocycles. The Bertz CT molecular complexity index is 281. The van der Waals surface area contributed by atoms with E-state index in [1.165, 1.54) is 0 Å². The normalized spacial score (nSPS) is 14.3. The summed E-state index contributed by atoms with van der Waals surface area (Å²) in [5.74, 6) is 0.215. The van der Waals surface area contributed by atoms with Gasteiger partial charge in [-0.3, -0.25) is 0 Å². The molecule has 0 unspecified atom stereocenters. The Morgan fingerprint density at radius 2 is 1.47 bits per heavy atom. The van der Waals surface area contributed by atoms with E-state index in [1.807, 2.05) is 0 Å². The van der Waals surface area contributed by atoms with Crippen molar-refractivity contribution in [3.63, 3.8) is 0 Å². The van der Waals surface area contributed by atoms with Gasteiger partial charge in [0, 0.05) is 13.1 Å². The quantitative estimate of drug-likeness (QED) is 0.756. The van der Waals surface area contributed by atoms with Gasteiger partial charge in [-0.05, 0) is 26.2 Å². The molecular weight excluding hydrogens is 210 g/mol. The fraction of sp³-hybridized carbons (Fsp3) is 1.00. The third-order valence-electron chi connectivity index (χ3n) is 2.14. The number of rotatable bonds is 4. The van der Waals surface area contributed by atoms with Crippen LogP contribution in [0.4, 0.5) is 0 Å². The maximum absolute atomic E-state index is 11.7. The average molecular weight is 235 g/mol. The minimum Gasteiger partial charge on any atom is -0.315 e. The van der Waals surface area contributed by atoms with Gasteiger partial charge in [-0.15, -0.1) is 0 Å². The molecule has 0 fully saturated rings. The minimum atomic E-state index is -2.98. The van der Waals surface area contributed by atoms with Crippen molar-refractivity contribution in [2.24, 2.45) is 5.41 Å². The van der Waals surface area contributed by atoms with Gasteiger partial charge in [0.25, 0.3) is 0 Å². The van der Waals surface area contributed by atoms with Crippen molar-refractivity contribution in [2.75, 3.05) is 18.8 Å². The average Bonchev–Trinajstić information content (AvgIpc) is 1.94. The molecule has 0 aliphatic heterocycles. The molecule has 0 spiro atoms. The molecule has 0 aliphatic rings. The predicted molar refractivity (Wildman–Crippen MR) is 65.9 cm³/mol. The van der Waals surface area contributed by atoms with E-state index < -0.39 is 14.6 Å². The number of sulfone groups is 1. The van der Waals surface area contributed by atoms with Gasteiger partial charge in [-0.2, -0.15) is 0 Å². The van der Waals surface area contributed by atoms with Crippen LogP contribution in [0.2, 0.25) is 0 Å². The number of hydrogen-bond acceptors (Lipinski definition) is 3. The molecule has 0 saturated carbocycles. The largest absolute Gasteiger partial charge is 0.315 e. The van der Waals surface area contributed by atoms with Crippen LogP contribution in [0.5, 0.6) is 0 Å². The fourth-order valence-corrected chi connectivity index (χ4v) is 2.00. The second kappa shape index (κ2) is 4.83. The highest BCUT2D eigenvalue weighted by atomic mass is 32.2. The zero-order valence-electron chi connectivity index (χ0n) is 10.8. The molecule has 0 amide bonds. The molecule has 0 atom stereocenters. The van der Waals surface area contributed by atoms with Crippen molar-refractivity contribution in [3.05, 3.63) is 0 Å². The molecule has 92 valence electrons. The van der Waals surface area contributed by atoms with Crippen LogP contribution in [0.15, 0.2) is 0 Å². The molecule has 0 bridgehead atoms. The van der Waals surface area contributed by atoms with Crippen LogP contribution in [0.3, 0.4) is 0 Å². The van der Waals surface area contributed by atoms with Crippen molar-refractivity contribution in [1.29, 1.82) is 0 Å². The second-order valence-corrected chi connectivity index (χ2v) is 9.03. The van der Waals surface area contributed by atoms with Crippen LogP contribution in [-0.4, -0.2) is 32.0 Å². The Morgan fingerprint density at radius 3 is 1.80 bits per heavy atom. The third kappa shape index (κ3) is 6.15. The third-order valence-corrected chi connectivity index (χ3v) is 4.74. The van der Waals surface area contributed by atoms with E-state index in [0.717, 1.165) is 6.54 Å². The number of nitrogens with one attached hydrogen (secondary N) is 1. The summed E-state index contributed by atoms with van der Waals surface area (Å²) in [6, 6.07) is 0. The summed E-state index contributed by atoms with van der Waals surface area (Å²) in [5, 5.41) is 3.17. The summed E-state index contributed by atoms with van der Waals surface area (Å²) in [5.41, 5.74) is 0.200. The molecule has 0 saturated heterocycles. The molecule has 0 heterocycles. The van der Waals surface area contributed by atoms with Gasteiger partial charge in [0.1, 0.15) is 0 Å². The van der Waals surface area contributed by atoms with E-state index in [-0.39, 0.29) is 11.2 Å². The van der Waals surface area contributed by atoms with Crippen molar-refractivity contribution >= 4 is 9.84 Å². The maximum atomic E-state index is 11.7. The standard InChI is InChI=1S/C11H25NO2S/c1-10(2,3)9-12-7-8-15(13,14)11(4,5)6/h12H,7-9H2,1-6H3. The summed E-state index contributed by atoms with van der Waals surface area (Å²) in [6.45, 7) is 13.0. The zero-order valence-corrected chi connectivity index (χ0v) is 11.7. The van der Waals surface area contributed by atoms with E-state index in [9.17, 15) is 8.42 Å². The van der Waals surface area contributed by atoms with Crippen molar-refractivity contribution < 1.29 is 8.42 Å². The topological polar surface area (TPSA) is 46.2 Å². The lowest BCUT2D eigenvalue weighted by molar-refractivity contribution is 0.384. The second-order valence-electron chi connectivity index (χ2n) is 6.17. The van der Waals surface area contributed by atoms with E-state index in [2.05, 4.69) is 26.1 Å². The molecule has 0 radical (unpaired) electrons. The molecule has 4 heteroatoms. The van der Waals surface area contributed by atoms with Crippen LogP contribution in [0, 0.1) is 5.41 Å². The minimum absolute atomic E-state index is 0.200. The zero-order chi connectivity index (χ0) is 12.3.